The minimum atomic E-state index is -3.82. The molecule has 0 spiro atoms. The lowest BCUT2D eigenvalue weighted by atomic mass is 10.2. The topological polar surface area (TPSA) is 98.6 Å². The van der Waals surface area contributed by atoms with Gasteiger partial charge in [0.25, 0.3) is 0 Å². The molecule has 1 aromatic carbocycles. The van der Waals surface area contributed by atoms with Gasteiger partial charge in [-0.1, -0.05) is 11.6 Å². The maximum absolute atomic E-state index is 12.2. The van der Waals surface area contributed by atoms with Crippen LogP contribution in [0.4, 0.5) is 0 Å². The lowest BCUT2D eigenvalue weighted by molar-refractivity contribution is 0.581. The normalized spacial score (nSPS) is 11.2. The van der Waals surface area contributed by atoms with Crippen LogP contribution in [0, 0.1) is 18.3 Å². The van der Waals surface area contributed by atoms with Gasteiger partial charge in [-0.25, -0.2) is 13.1 Å². The van der Waals surface area contributed by atoms with Crippen molar-refractivity contribution in [3.05, 3.63) is 46.2 Å². The summed E-state index contributed by atoms with van der Waals surface area (Å²) in [6.07, 6.45) is 1.54. The summed E-state index contributed by atoms with van der Waals surface area (Å²) in [5.74, 6) is 0. The molecule has 0 amide bonds. The van der Waals surface area contributed by atoms with Crippen LogP contribution in [0.3, 0.4) is 0 Å². The number of aromatic amines is 1. The predicted molar refractivity (Wildman–Crippen MR) is 73.5 cm³/mol. The number of aromatic nitrogens is 2. The second-order valence-corrected chi connectivity index (χ2v) is 6.27. The molecule has 0 saturated carbocycles. The Morgan fingerprint density at radius 2 is 2.25 bits per heavy atom. The van der Waals surface area contributed by atoms with Gasteiger partial charge in [-0.2, -0.15) is 10.4 Å². The van der Waals surface area contributed by atoms with Crippen LogP contribution in [0.1, 0.15) is 16.8 Å². The highest BCUT2D eigenvalue weighted by Gasteiger charge is 2.19. The molecule has 0 fully saturated rings. The number of nitrogens with zero attached hydrogens (tertiary/aromatic N) is 2. The van der Waals surface area contributed by atoms with Crippen molar-refractivity contribution >= 4 is 21.6 Å². The second-order valence-electron chi connectivity index (χ2n) is 4.10. The summed E-state index contributed by atoms with van der Waals surface area (Å²) in [7, 11) is -3.82. The standard InChI is InChI=1S/C12H11ClN4O2S/c1-8-10(6-15-17-8)7-16-20(18,19)12-4-11(13)3-2-9(12)5-14/h2-4,6,16H,7H2,1H3,(H,15,17). The number of nitriles is 1. The zero-order valence-corrected chi connectivity index (χ0v) is 12.1. The third-order valence-electron chi connectivity index (χ3n) is 2.74. The highest BCUT2D eigenvalue weighted by atomic mass is 35.5. The average Bonchev–Trinajstić information content (AvgIpc) is 2.82. The number of benzene rings is 1. The Bertz CT molecular complexity index is 777. The Morgan fingerprint density at radius 3 is 2.85 bits per heavy atom. The molecular weight excluding hydrogens is 300 g/mol. The molecule has 2 rings (SSSR count). The van der Waals surface area contributed by atoms with E-state index < -0.39 is 10.0 Å². The van der Waals surface area contributed by atoms with Crippen molar-refractivity contribution in [3.63, 3.8) is 0 Å². The van der Waals surface area contributed by atoms with Gasteiger partial charge in [0.15, 0.2) is 0 Å². The fraction of sp³-hybridized carbons (Fsp3) is 0.167. The molecule has 0 radical (unpaired) electrons. The number of H-pyrrole nitrogens is 1. The Kier molecular flexibility index (Phi) is 4.09. The maximum atomic E-state index is 12.2. The van der Waals surface area contributed by atoms with Crippen molar-refractivity contribution in [2.75, 3.05) is 0 Å². The van der Waals surface area contributed by atoms with Gasteiger partial charge >= 0.3 is 0 Å². The van der Waals surface area contributed by atoms with Crippen LogP contribution in [-0.2, 0) is 16.6 Å². The Morgan fingerprint density at radius 1 is 1.50 bits per heavy atom. The molecule has 1 aromatic heterocycles. The fourth-order valence-electron chi connectivity index (χ4n) is 1.62. The molecule has 0 saturated heterocycles. The van der Waals surface area contributed by atoms with Crippen LogP contribution in [0.15, 0.2) is 29.3 Å². The van der Waals surface area contributed by atoms with Crippen LogP contribution in [0.2, 0.25) is 5.02 Å². The van der Waals surface area contributed by atoms with Gasteiger partial charge in [0.05, 0.1) is 11.8 Å². The van der Waals surface area contributed by atoms with Gasteiger partial charge in [0.1, 0.15) is 11.0 Å². The summed E-state index contributed by atoms with van der Waals surface area (Å²) in [4.78, 5) is -0.131. The lowest BCUT2D eigenvalue weighted by Crippen LogP contribution is -2.24. The Labute approximate surface area is 121 Å². The largest absolute Gasteiger partial charge is 0.283 e. The summed E-state index contributed by atoms with van der Waals surface area (Å²) in [6, 6.07) is 5.94. The molecule has 0 aliphatic heterocycles. The minimum Gasteiger partial charge on any atom is -0.283 e. The minimum absolute atomic E-state index is 0.0471. The number of nitrogens with one attached hydrogen (secondary N) is 2. The number of halogens is 1. The quantitative estimate of drug-likeness (QED) is 0.898. The van der Waals surface area contributed by atoms with E-state index in [1.807, 2.05) is 6.07 Å². The van der Waals surface area contributed by atoms with E-state index in [0.29, 0.717) is 0 Å². The van der Waals surface area contributed by atoms with E-state index >= 15 is 0 Å². The van der Waals surface area contributed by atoms with Gasteiger partial charge in [-0.3, -0.25) is 5.10 Å². The van der Waals surface area contributed by atoms with Crippen LogP contribution in [0.5, 0.6) is 0 Å². The molecule has 1 heterocycles. The molecule has 104 valence electrons. The van der Waals surface area contributed by atoms with Crippen LogP contribution in [-0.4, -0.2) is 18.6 Å². The number of hydrogen-bond donors (Lipinski definition) is 2. The summed E-state index contributed by atoms with van der Waals surface area (Å²) in [5, 5.41) is 15.7. The maximum Gasteiger partial charge on any atom is 0.242 e. The SMILES string of the molecule is Cc1[nH]ncc1CNS(=O)(=O)c1cc(Cl)ccc1C#N. The first-order valence-corrected chi connectivity index (χ1v) is 7.48. The predicted octanol–water partition coefficient (Wildman–Crippen LogP) is 1.72. The van der Waals surface area contributed by atoms with Crippen molar-refractivity contribution in [1.29, 1.82) is 5.26 Å². The molecule has 0 unspecified atom stereocenters. The van der Waals surface area contributed by atoms with E-state index in [0.717, 1.165) is 11.3 Å². The third kappa shape index (κ3) is 2.99. The molecule has 0 aliphatic rings. The molecule has 20 heavy (non-hydrogen) atoms. The highest BCUT2D eigenvalue weighted by molar-refractivity contribution is 7.89. The van der Waals surface area contributed by atoms with Gasteiger partial charge in [-0.15, -0.1) is 0 Å². The Balaban J connectivity index is 2.30. The van der Waals surface area contributed by atoms with Crippen molar-refractivity contribution < 1.29 is 8.42 Å². The zero-order valence-electron chi connectivity index (χ0n) is 10.5. The van der Waals surface area contributed by atoms with E-state index in [4.69, 9.17) is 16.9 Å². The van der Waals surface area contributed by atoms with Gasteiger partial charge in [0.2, 0.25) is 10.0 Å². The lowest BCUT2D eigenvalue weighted by Gasteiger charge is -2.08. The monoisotopic (exact) mass is 310 g/mol. The number of aryl methyl sites for hydroxylation is 1. The smallest absolute Gasteiger partial charge is 0.242 e. The molecule has 8 heteroatoms. The summed E-state index contributed by atoms with van der Waals surface area (Å²) >= 11 is 5.79. The fourth-order valence-corrected chi connectivity index (χ4v) is 3.04. The van der Waals surface area contributed by atoms with Gasteiger partial charge < -0.3 is 0 Å². The third-order valence-corrected chi connectivity index (χ3v) is 4.42. The zero-order chi connectivity index (χ0) is 14.8. The van der Waals surface area contributed by atoms with Crippen LogP contribution in [0.25, 0.3) is 0 Å². The van der Waals surface area contributed by atoms with Gasteiger partial charge in [0, 0.05) is 22.8 Å². The highest BCUT2D eigenvalue weighted by Crippen LogP contribution is 2.20. The number of rotatable bonds is 4. The summed E-state index contributed by atoms with van der Waals surface area (Å²) < 4.78 is 26.9. The first-order valence-electron chi connectivity index (χ1n) is 5.62. The van der Waals surface area contributed by atoms with Crippen molar-refractivity contribution in [2.24, 2.45) is 0 Å². The second kappa shape index (κ2) is 5.63. The molecule has 6 nitrogen and oxygen atoms in total. The number of sulfonamides is 1. The van der Waals surface area contributed by atoms with Crippen LogP contribution < -0.4 is 4.72 Å². The first-order chi connectivity index (χ1) is 9.44. The van der Waals surface area contributed by atoms with E-state index in [-0.39, 0.29) is 22.0 Å². The molecule has 2 N–H and O–H groups in total. The van der Waals surface area contributed by atoms with Gasteiger partial charge in [-0.05, 0) is 25.1 Å². The van der Waals surface area contributed by atoms with Crippen molar-refractivity contribution in [2.45, 2.75) is 18.4 Å². The summed E-state index contributed by atoms with van der Waals surface area (Å²) in [5.41, 5.74) is 1.55. The molecular formula is C12H11ClN4O2S. The molecule has 0 atom stereocenters. The number of hydrogen-bond acceptors (Lipinski definition) is 4. The average molecular weight is 311 g/mol. The molecule has 0 bridgehead atoms. The van der Waals surface area contributed by atoms with Crippen molar-refractivity contribution in [3.8, 4) is 6.07 Å². The Hall–Kier alpha value is -1.88. The molecule has 2 aromatic rings. The van der Waals surface area contributed by atoms with E-state index in [1.165, 1.54) is 18.2 Å². The molecule has 0 aliphatic carbocycles. The van der Waals surface area contributed by atoms with E-state index in [1.54, 1.807) is 13.1 Å². The first kappa shape index (κ1) is 14.5. The van der Waals surface area contributed by atoms with E-state index in [2.05, 4.69) is 14.9 Å². The van der Waals surface area contributed by atoms with Crippen molar-refractivity contribution in [1.82, 2.24) is 14.9 Å². The van der Waals surface area contributed by atoms with Crippen LogP contribution >= 0.6 is 11.6 Å². The van der Waals surface area contributed by atoms with E-state index in [9.17, 15) is 8.42 Å². The summed E-state index contributed by atoms with van der Waals surface area (Å²) in [6.45, 7) is 1.87.